The fourth-order valence-corrected chi connectivity index (χ4v) is 2.23. The fourth-order valence-electron chi connectivity index (χ4n) is 2.23. The van der Waals surface area contributed by atoms with E-state index in [2.05, 4.69) is 11.9 Å². The predicted octanol–water partition coefficient (Wildman–Crippen LogP) is 3.58. The van der Waals surface area contributed by atoms with Crippen LogP contribution in [0, 0.1) is 5.82 Å². The second kappa shape index (κ2) is 3.84. The van der Waals surface area contributed by atoms with Gasteiger partial charge in [-0.15, -0.1) is 0 Å². The Hall–Kier alpha value is -1.90. The third kappa shape index (κ3) is 1.58. The van der Waals surface area contributed by atoms with Crippen molar-refractivity contribution in [1.82, 2.24) is 9.38 Å². The Morgan fingerprint density at radius 2 is 2.12 bits per heavy atom. The molecule has 0 atom stereocenters. The summed E-state index contributed by atoms with van der Waals surface area (Å²) in [4.78, 5) is 4.62. The zero-order valence-electron chi connectivity index (χ0n) is 9.65. The monoisotopic (exact) mass is 228 g/mol. The van der Waals surface area contributed by atoms with Crippen LogP contribution < -0.4 is 0 Å². The largest absolute Gasteiger partial charge is 0.313 e. The maximum absolute atomic E-state index is 13.3. The standard InChI is InChI=1S/C14H13FN2/c1-2-4-11-13-5-3-8-17(13)14-9-10(15)6-7-12(14)16-11/h3,5-9H,2,4H2,1H3. The first-order chi connectivity index (χ1) is 8.29. The molecule has 3 aromatic rings. The van der Waals surface area contributed by atoms with E-state index in [1.54, 1.807) is 6.07 Å². The van der Waals surface area contributed by atoms with Crippen molar-refractivity contribution in [2.45, 2.75) is 19.8 Å². The summed E-state index contributed by atoms with van der Waals surface area (Å²) in [7, 11) is 0. The molecule has 0 N–H and O–H groups in total. The number of hydrogen-bond donors (Lipinski definition) is 0. The van der Waals surface area contributed by atoms with E-state index in [0.717, 1.165) is 35.1 Å². The third-order valence-electron chi connectivity index (χ3n) is 2.98. The smallest absolute Gasteiger partial charge is 0.125 e. The molecule has 0 fully saturated rings. The van der Waals surface area contributed by atoms with Gasteiger partial charge in [0.1, 0.15) is 5.82 Å². The van der Waals surface area contributed by atoms with Gasteiger partial charge in [0.25, 0.3) is 0 Å². The summed E-state index contributed by atoms with van der Waals surface area (Å²) in [6.45, 7) is 2.13. The Bertz CT molecular complexity index is 685. The molecule has 0 aliphatic rings. The first-order valence-electron chi connectivity index (χ1n) is 5.85. The molecule has 86 valence electrons. The van der Waals surface area contributed by atoms with Crippen molar-refractivity contribution >= 4 is 16.6 Å². The number of hydrogen-bond acceptors (Lipinski definition) is 1. The van der Waals surface area contributed by atoms with Gasteiger partial charge in [0.15, 0.2) is 0 Å². The second-order valence-electron chi connectivity index (χ2n) is 4.20. The van der Waals surface area contributed by atoms with E-state index in [1.165, 1.54) is 12.1 Å². The molecule has 0 saturated carbocycles. The number of aromatic nitrogens is 2. The van der Waals surface area contributed by atoms with Gasteiger partial charge >= 0.3 is 0 Å². The molecular formula is C14H13FN2. The molecule has 0 bridgehead atoms. The van der Waals surface area contributed by atoms with E-state index < -0.39 is 0 Å². The van der Waals surface area contributed by atoms with E-state index in [-0.39, 0.29) is 5.82 Å². The summed E-state index contributed by atoms with van der Waals surface area (Å²) in [5.74, 6) is -0.224. The van der Waals surface area contributed by atoms with Gasteiger partial charge in [-0.25, -0.2) is 9.37 Å². The highest BCUT2D eigenvalue weighted by molar-refractivity contribution is 5.79. The van der Waals surface area contributed by atoms with Crippen LogP contribution in [0.3, 0.4) is 0 Å². The van der Waals surface area contributed by atoms with Crippen molar-refractivity contribution in [2.24, 2.45) is 0 Å². The van der Waals surface area contributed by atoms with Crippen molar-refractivity contribution in [2.75, 3.05) is 0 Å². The molecule has 2 nitrogen and oxygen atoms in total. The van der Waals surface area contributed by atoms with Crippen molar-refractivity contribution in [3.05, 3.63) is 48.0 Å². The number of aryl methyl sites for hydroxylation is 1. The highest BCUT2D eigenvalue weighted by Gasteiger charge is 2.07. The molecule has 3 rings (SSSR count). The molecule has 2 aromatic heterocycles. The van der Waals surface area contributed by atoms with E-state index in [9.17, 15) is 4.39 Å². The Labute approximate surface area is 98.7 Å². The number of fused-ring (bicyclic) bond motifs is 3. The maximum atomic E-state index is 13.3. The van der Waals surface area contributed by atoms with E-state index in [4.69, 9.17) is 0 Å². The lowest BCUT2D eigenvalue weighted by Crippen LogP contribution is -1.98. The van der Waals surface area contributed by atoms with Gasteiger partial charge in [0.05, 0.1) is 22.2 Å². The molecule has 0 aliphatic carbocycles. The van der Waals surface area contributed by atoms with Crippen molar-refractivity contribution < 1.29 is 4.39 Å². The summed E-state index contributed by atoms with van der Waals surface area (Å²) in [6.07, 6.45) is 3.96. The van der Waals surface area contributed by atoms with Gasteiger partial charge in [0.2, 0.25) is 0 Å². The van der Waals surface area contributed by atoms with Gasteiger partial charge in [0, 0.05) is 12.3 Å². The third-order valence-corrected chi connectivity index (χ3v) is 2.98. The van der Waals surface area contributed by atoms with Crippen LogP contribution in [0.1, 0.15) is 19.0 Å². The molecule has 0 unspecified atom stereocenters. The summed E-state index contributed by atoms with van der Waals surface area (Å²) >= 11 is 0. The van der Waals surface area contributed by atoms with E-state index in [1.807, 2.05) is 22.7 Å². The Morgan fingerprint density at radius 1 is 1.24 bits per heavy atom. The topological polar surface area (TPSA) is 17.3 Å². The van der Waals surface area contributed by atoms with Crippen LogP contribution in [0.2, 0.25) is 0 Å². The highest BCUT2D eigenvalue weighted by atomic mass is 19.1. The van der Waals surface area contributed by atoms with Crippen molar-refractivity contribution in [3.8, 4) is 0 Å². The van der Waals surface area contributed by atoms with Crippen LogP contribution in [0.5, 0.6) is 0 Å². The molecule has 0 saturated heterocycles. The molecule has 3 heteroatoms. The minimum absolute atomic E-state index is 0.224. The molecule has 17 heavy (non-hydrogen) atoms. The van der Waals surface area contributed by atoms with Crippen LogP contribution in [0.15, 0.2) is 36.5 Å². The zero-order valence-corrected chi connectivity index (χ0v) is 9.65. The highest BCUT2D eigenvalue weighted by Crippen LogP contribution is 2.20. The lowest BCUT2D eigenvalue weighted by atomic mass is 10.2. The molecule has 0 radical (unpaired) electrons. The number of halogens is 1. The van der Waals surface area contributed by atoms with Gasteiger partial charge in [-0.2, -0.15) is 0 Å². The average molecular weight is 228 g/mol. The summed E-state index contributed by atoms with van der Waals surface area (Å²) in [5.41, 5.74) is 3.82. The predicted molar refractivity (Wildman–Crippen MR) is 66.7 cm³/mol. The minimum atomic E-state index is -0.224. The van der Waals surface area contributed by atoms with Crippen LogP contribution in [-0.4, -0.2) is 9.38 Å². The quantitative estimate of drug-likeness (QED) is 0.655. The summed E-state index contributed by atoms with van der Waals surface area (Å²) in [6, 6.07) is 8.73. The SMILES string of the molecule is CCCc1nc2ccc(F)cc2n2cccc12. The van der Waals surface area contributed by atoms with E-state index in [0.29, 0.717) is 0 Å². The lowest BCUT2D eigenvalue weighted by molar-refractivity contribution is 0.629. The zero-order chi connectivity index (χ0) is 11.8. The van der Waals surface area contributed by atoms with E-state index >= 15 is 0 Å². The molecule has 0 amide bonds. The Balaban J connectivity index is 2.42. The van der Waals surface area contributed by atoms with Crippen molar-refractivity contribution in [3.63, 3.8) is 0 Å². The summed E-state index contributed by atoms with van der Waals surface area (Å²) < 4.78 is 15.3. The van der Waals surface area contributed by atoms with Crippen LogP contribution in [0.25, 0.3) is 16.6 Å². The normalized spacial score (nSPS) is 11.4. The Kier molecular flexibility index (Phi) is 2.32. The van der Waals surface area contributed by atoms with Gasteiger partial charge < -0.3 is 4.40 Å². The van der Waals surface area contributed by atoms with Gasteiger partial charge in [-0.3, -0.25) is 0 Å². The summed E-state index contributed by atoms with van der Waals surface area (Å²) in [5, 5.41) is 0. The minimum Gasteiger partial charge on any atom is -0.313 e. The molecule has 2 heterocycles. The molecule has 0 aliphatic heterocycles. The Morgan fingerprint density at radius 3 is 2.94 bits per heavy atom. The van der Waals surface area contributed by atoms with Crippen molar-refractivity contribution in [1.29, 1.82) is 0 Å². The number of rotatable bonds is 2. The first-order valence-corrected chi connectivity index (χ1v) is 5.85. The van der Waals surface area contributed by atoms with Crippen LogP contribution in [-0.2, 0) is 6.42 Å². The number of nitrogens with zero attached hydrogens (tertiary/aromatic N) is 2. The average Bonchev–Trinajstić information content (AvgIpc) is 2.80. The van der Waals surface area contributed by atoms with Gasteiger partial charge in [-0.05, 0) is 30.7 Å². The maximum Gasteiger partial charge on any atom is 0.125 e. The number of benzene rings is 1. The molecule has 1 aromatic carbocycles. The molecule has 0 spiro atoms. The fraction of sp³-hybridized carbons (Fsp3) is 0.214. The first kappa shape index (κ1) is 10.3. The molecular weight excluding hydrogens is 215 g/mol. The van der Waals surface area contributed by atoms with Crippen LogP contribution >= 0.6 is 0 Å². The van der Waals surface area contributed by atoms with Crippen LogP contribution in [0.4, 0.5) is 4.39 Å². The van der Waals surface area contributed by atoms with Gasteiger partial charge in [-0.1, -0.05) is 13.3 Å². The lowest BCUT2D eigenvalue weighted by Gasteiger charge is -2.07. The second-order valence-corrected chi connectivity index (χ2v) is 4.20.